The summed E-state index contributed by atoms with van der Waals surface area (Å²) in [5.41, 5.74) is 1.98. The van der Waals surface area contributed by atoms with Crippen LogP contribution in [0.25, 0.3) is 0 Å². The van der Waals surface area contributed by atoms with Crippen molar-refractivity contribution in [2.45, 2.75) is 43.9 Å². The minimum Gasteiger partial charge on any atom is -0.467 e. The smallest absolute Gasteiger partial charge is 0.328 e. The SMILES string of the molecule is [2H]c1nc(C[C@H](NC(=O)[C@H](Cc2ccccc2)CS(=O)(=O)C(C)(C)C(=O)N(C)CCc2ccccn2)C(=O)OC)cs1. The maximum Gasteiger partial charge on any atom is 0.328 e. The van der Waals surface area contributed by atoms with Crippen LogP contribution in [0.1, 0.15) is 32.2 Å². The molecule has 3 aromatic rings. The van der Waals surface area contributed by atoms with Crippen LogP contribution in [0, 0.1) is 5.92 Å². The fourth-order valence-electron chi connectivity index (χ4n) is 4.26. The highest BCUT2D eigenvalue weighted by atomic mass is 32.2. The largest absolute Gasteiger partial charge is 0.467 e. The lowest BCUT2D eigenvalue weighted by Gasteiger charge is -2.31. The van der Waals surface area contributed by atoms with Gasteiger partial charge in [-0.2, -0.15) is 0 Å². The lowest BCUT2D eigenvalue weighted by molar-refractivity contribution is -0.145. The number of nitrogens with one attached hydrogen (secondary N) is 1. The van der Waals surface area contributed by atoms with Crippen LogP contribution in [-0.4, -0.2) is 78.3 Å². The van der Waals surface area contributed by atoms with E-state index in [1.165, 1.54) is 25.9 Å². The van der Waals surface area contributed by atoms with Gasteiger partial charge in [0.1, 0.15) is 10.8 Å². The van der Waals surface area contributed by atoms with E-state index in [1.54, 1.807) is 55.0 Å². The van der Waals surface area contributed by atoms with Gasteiger partial charge in [-0.25, -0.2) is 18.2 Å². The topological polar surface area (TPSA) is 136 Å². The summed E-state index contributed by atoms with van der Waals surface area (Å²) in [6, 6.07) is 13.2. The molecule has 3 rings (SSSR count). The number of amides is 2. The molecular formula is C29H36N4O6S2. The number of hydrogen-bond acceptors (Lipinski definition) is 9. The van der Waals surface area contributed by atoms with Crippen molar-refractivity contribution in [1.29, 1.82) is 0 Å². The summed E-state index contributed by atoms with van der Waals surface area (Å²) < 4.78 is 38.2. The van der Waals surface area contributed by atoms with E-state index in [4.69, 9.17) is 6.11 Å². The molecule has 10 nitrogen and oxygen atoms in total. The third-order valence-corrected chi connectivity index (χ3v) is 9.99. The van der Waals surface area contributed by atoms with Gasteiger partial charge in [0.25, 0.3) is 0 Å². The van der Waals surface area contributed by atoms with Crippen molar-refractivity contribution in [2.24, 2.45) is 5.92 Å². The number of thiazole rings is 1. The van der Waals surface area contributed by atoms with Crippen LogP contribution in [0.2, 0.25) is 0 Å². The summed E-state index contributed by atoms with van der Waals surface area (Å²) in [5.74, 6) is -3.74. The molecule has 2 amide bonds. The van der Waals surface area contributed by atoms with E-state index in [-0.39, 0.29) is 24.9 Å². The van der Waals surface area contributed by atoms with Crippen LogP contribution in [0.4, 0.5) is 0 Å². The molecule has 0 bridgehead atoms. The van der Waals surface area contributed by atoms with Crippen LogP contribution in [0.15, 0.2) is 65.6 Å². The molecular weight excluding hydrogens is 564 g/mol. The van der Waals surface area contributed by atoms with Gasteiger partial charge in [0.2, 0.25) is 11.8 Å². The summed E-state index contributed by atoms with van der Waals surface area (Å²) >= 11 is 1.08. The summed E-state index contributed by atoms with van der Waals surface area (Å²) in [6.45, 7) is 2.95. The van der Waals surface area contributed by atoms with Gasteiger partial charge in [-0.05, 0) is 38.0 Å². The maximum absolute atomic E-state index is 13.8. The quantitative estimate of drug-likeness (QED) is 0.279. The molecule has 220 valence electrons. The van der Waals surface area contributed by atoms with E-state index in [2.05, 4.69) is 15.3 Å². The summed E-state index contributed by atoms with van der Waals surface area (Å²) in [7, 11) is -1.46. The average molecular weight is 602 g/mol. The average Bonchev–Trinajstić information content (AvgIpc) is 3.39. The molecule has 1 N–H and O–H groups in total. The Labute approximate surface area is 246 Å². The minimum absolute atomic E-state index is 0.0242. The number of likely N-dealkylation sites (N-methyl/N-ethyl adjacent to an activating group) is 1. The van der Waals surface area contributed by atoms with Crippen LogP contribution in [0.5, 0.6) is 0 Å². The molecule has 2 atom stereocenters. The zero-order valence-corrected chi connectivity index (χ0v) is 25.2. The molecule has 0 aliphatic heterocycles. The normalized spacial score (nSPS) is 13.5. The number of hydrogen-bond donors (Lipinski definition) is 1. The van der Waals surface area contributed by atoms with E-state index in [1.807, 2.05) is 12.1 Å². The van der Waals surface area contributed by atoms with E-state index in [9.17, 15) is 22.8 Å². The molecule has 0 aliphatic rings. The molecule has 12 heteroatoms. The van der Waals surface area contributed by atoms with Crippen molar-refractivity contribution < 1.29 is 28.9 Å². The van der Waals surface area contributed by atoms with Crippen LogP contribution in [0.3, 0.4) is 0 Å². The van der Waals surface area contributed by atoms with Gasteiger partial charge in [0, 0.05) is 43.7 Å². The Bertz CT molecular complexity index is 1470. The first-order valence-corrected chi connectivity index (χ1v) is 15.6. The van der Waals surface area contributed by atoms with Crippen LogP contribution < -0.4 is 5.32 Å². The molecule has 41 heavy (non-hydrogen) atoms. The Morgan fingerprint density at radius 2 is 1.78 bits per heavy atom. The van der Waals surface area contributed by atoms with Crippen molar-refractivity contribution in [3.8, 4) is 0 Å². The van der Waals surface area contributed by atoms with E-state index >= 15 is 0 Å². The van der Waals surface area contributed by atoms with Gasteiger partial charge >= 0.3 is 5.97 Å². The highest BCUT2D eigenvalue weighted by Crippen LogP contribution is 2.25. The minimum atomic E-state index is -4.19. The fourth-order valence-corrected chi connectivity index (χ4v) is 6.40. The van der Waals surface area contributed by atoms with Crippen molar-refractivity contribution >= 4 is 39.0 Å². The van der Waals surface area contributed by atoms with Crippen LogP contribution in [-0.2, 0) is 48.2 Å². The first kappa shape index (κ1) is 30.3. The van der Waals surface area contributed by atoms with Gasteiger partial charge in [0.05, 0.1) is 31.3 Å². The third-order valence-electron chi connectivity index (χ3n) is 6.84. The van der Waals surface area contributed by atoms with Crippen molar-refractivity contribution in [3.63, 3.8) is 0 Å². The van der Waals surface area contributed by atoms with Gasteiger partial charge in [-0.3, -0.25) is 14.6 Å². The Morgan fingerprint density at radius 1 is 1.07 bits per heavy atom. The summed E-state index contributed by atoms with van der Waals surface area (Å²) in [5, 5.41) is 4.24. The van der Waals surface area contributed by atoms with Gasteiger partial charge in [0.15, 0.2) is 9.84 Å². The third kappa shape index (κ3) is 8.67. The Kier molecular flexibility index (Phi) is 10.6. The second kappa shape index (κ2) is 14.3. The number of nitrogens with zero attached hydrogens (tertiary/aromatic N) is 3. The lowest BCUT2D eigenvalue weighted by Crippen LogP contribution is -2.52. The number of sulfone groups is 1. The number of benzene rings is 1. The van der Waals surface area contributed by atoms with Crippen molar-refractivity contribution in [2.75, 3.05) is 26.5 Å². The van der Waals surface area contributed by atoms with Gasteiger partial charge < -0.3 is 15.0 Å². The zero-order valence-electron chi connectivity index (χ0n) is 24.6. The maximum atomic E-state index is 13.8. The standard InChI is InChI=1S/C29H36N4O6S2/c1-29(2,28(36)33(3)15-13-23-12-8-9-14-30-23)41(37,38)19-22(16-21-10-6-5-7-11-21)26(34)32-25(27(35)39-4)17-24-18-40-20-31-24/h5-12,14,18,20,22,25H,13,15-17,19H2,1-4H3,(H,32,34)/t22-,25+/m1/s1/i20D. The highest BCUT2D eigenvalue weighted by Gasteiger charge is 2.45. The number of aromatic nitrogens is 2. The fraction of sp³-hybridized carbons (Fsp3) is 0.414. The number of carbonyl (C=O) groups is 3. The molecule has 1 aromatic carbocycles. The van der Waals surface area contributed by atoms with Crippen molar-refractivity contribution in [1.82, 2.24) is 20.2 Å². The Morgan fingerprint density at radius 3 is 2.39 bits per heavy atom. The monoisotopic (exact) mass is 601 g/mol. The predicted molar refractivity (Wildman–Crippen MR) is 157 cm³/mol. The molecule has 0 fully saturated rings. The summed E-state index contributed by atoms with van der Waals surface area (Å²) in [4.78, 5) is 49.2. The second-order valence-corrected chi connectivity index (χ2v) is 13.4. The molecule has 0 saturated heterocycles. The second-order valence-electron chi connectivity index (χ2n) is 10.2. The highest BCUT2D eigenvalue weighted by molar-refractivity contribution is 7.93. The van der Waals surface area contributed by atoms with E-state index < -0.39 is 50.1 Å². The predicted octanol–water partition coefficient (Wildman–Crippen LogP) is 2.49. The number of rotatable bonds is 14. The Hall–Kier alpha value is -3.64. The number of carbonyl (C=O) groups excluding carboxylic acids is 3. The van der Waals surface area contributed by atoms with E-state index in [0.717, 1.165) is 22.6 Å². The number of esters is 1. The molecule has 2 aromatic heterocycles. The molecule has 0 aliphatic carbocycles. The van der Waals surface area contributed by atoms with Crippen LogP contribution >= 0.6 is 11.3 Å². The molecule has 2 heterocycles. The molecule has 0 unspecified atom stereocenters. The van der Waals surface area contributed by atoms with E-state index in [0.29, 0.717) is 12.1 Å². The number of methoxy groups -OCH3 is 1. The Balaban J connectivity index is 1.81. The molecule has 0 spiro atoms. The van der Waals surface area contributed by atoms with Gasteiger partial charge in [-0.1, -0.05) is 36.4 Å². The number of pyridine rings is 1. The molecule has 0 saturated carbocycles. The first-order valence-electron chi connectivity index (χ1n) is 13.5. The first-order chi connectivity index (χ1) is 19.8. The van der Waals surface area contributed by atoms with Crippen molar-refractivity contribution in [3.05, 3.63) is 82.5 Å². The summed E-state index contributed by atoms with van der Waals surface area (Å²) in [6.07, 6.45) is 2.14. The van der Waals surface area contributed by atoms with Gasteiger partial charge in [-0.15, -0.1) is 11.3 Å². The lowest BCUT2D eigenvalue weighted by atomic mass is 9.99. The number of ether oxygens (including phenoxy) is 1. The zero-order chi connectivity index (χ0) is 30.9. The molecule has 0 radical (unpaired) electrons.